The fourth-order valence-electron chi connectivity index (χ4n) is 2.47. The molecule has 0 fully saturated rings. The van der Waals surface area contributed by atoms with Crippen molar-refractivity contribution in [2.24, 2.45) is 7.05 Å². The third-order valence-electron chi connectivity index (χ3n) is 3.75. The van der Waals surface area contributed by atoms with Crippen LogP contribution in [0.4, 0.5) is 0 Å². The number of nitrogens with zero attached hydrogens (tertiary/aromatic N) is 3. The molecule has 0 unspecified atom stereocenters. The summed E-state index contributed by atoms with van der Waals surface area (Å²) in [4.78, 5) is 20.7. The Morgan fingerprint density at radius 1 is 1.42 bits per heavy atom. The SMILES string of the molecule is Cc1cc(Cl)c2ccc(C(=O)NCCc3cn(C)cn3)nc2c1O. The average Bonchev–Trinajstić information content (AvgIpc) is 2.97. The van der Waals surface area contributed by atoms with E-state index < -0.39 is 0 Å². The van der Waals surface area contributed by atoms with Gasteiger partial charge in [0.05, 0.1) is 17.0 Å². The minimum absolute atomic E-state index is 0.0394. The highest BCUT2D eigenvalue weighted by Crippen LogP contribution is 2.32. The molecule has 1 amide bonds. The molecule has 0 aliphatic rings. The van der Waals surface area contributed by atoms with E-state index in [2.05, 4.69) is 15.3 Å². The normalized spacial score (nSPS) is 11.0. The minimum atomic E-state index is -0.301. The predicted molar refractivity (Wildman–Crippen MR) is 92.4 cm³/mol. The monoisotopic (exact) mass is 344 g/mol. The third-order valence-corrected chi connectivity index (χ3v) is 4.06. The van der Waals surface area contributed by atoms with Crippen molar-refractivity contribution < 1.29 is 9.90 Å². The smallest absolute Gasteiger partial charge is 0.269 e. The molecule has 0 bridgehead atoms. The van der Waals surface area contributed by atoms with Gasteiger partial charge in [0.2, 0.25) is 0 Å². The van der Waals surface area contributed by atoms with Crippen molar-refractivity contribution in [3.05, 3.63) is 52.7 Å². The number of phenols is 1. The van der Waals surface area contributed by atoms with Crippen LogP contribution in [0.2, 0.25) is 5.02 Å². The molecular formula is C17H17ClN4O2. The second-order valence-electron chi connectivity index (χ2n) is 5.65. The maximum atomic E-state index is 12.3. The Balaban J connectivity index is 1.76. The first kappa shape index (κ1) is 16.3. The molecule has 2 aromatic heterocycles. The largest absolute Gasteiger partial charge is 0.505 e. The van der Waals surface area contributed by atoms with Gasteiger partial charge in [-0.25, -0.2) is 9.97 Å². The Morgan fingerprint density at radius 2 is 2.21 bits per heavy atom. The number of halogens is 1. The van der Waals surface area contributed by atoms with E-state index in [4.69, 9.17) is 11.6 Å². The zero-order valence-electron chi connectivity index (χ0n) is 13.4. The van der Waals surface area contributed by atoms with Crippen molar-refractivity contribution in [3.63, 3.8) is 0 Å². The fraction of sp³-hybridized carbons (Fsp3) is 0.235. The van der Waals surface area contributed by atoms with Gasteiger partial charge in [-0.1, -0.05) is 11.6 Å². The number of phenolic OH excluding ortho intramolecular Hbond substituents is 1. The van der Waals surface area contributed by atoms with Crippen LogP contribution in [0.5, 0.6) is 5.75 Å². The van der Waals surface area contributed by atoms with Gasteiger partial charge in [0, 0.05) is 31.6 Å². The molecule has 124 valence electrons. The lowest BCUT2D eigenvalue weighted by atomic mass is 10.1. The second kappa shape index (κ2) is 6.49. The van der Waals surface area contributed by atoms with E-state index in [-0.39, 0.29) is 17.4 Å². The zero-order valence-corrected chi connectivity index (χ0v) is 14.1. The predicted octanol–water partition coefficient (Wildman–Crippen LogP) is 2.61. The lowest BCUT2D eigenvalue weighted by molar-refractivity contribution is 0.0949. The maximum absolute atomic E-state index is 12.3. The summed E-state index contributed by atoms with van der Waals surface area (Å²) in [5.41, 5.74) is 2.09. The van der Waals surface area contributed by atoms with Gasteiger partial charge in [-0.3, -0.25) is 4.79 Å². The Hall–Kier alpha value is -2.60. The van der Waals surface area contributed by atoms with Crippen molar-refractivity contribution >= 4 is 28.4 Å². The van der Waals surface area contributed by atoms with Gasteiger partial charge in [0.25, 0.3) is 5.91 Å². The molecule has 0 aliphatic heterocycles. The summed E-state index contributed by atoms with van der Waals surface area (Å²) >= 11 is 6.16. The topological polar surface area (TPSA) is 80.0 Å². The van der Waals surface area contributed by atoms with Crippen LogP contribution in [-0.4, -0.2) is 32.1 Å². The van der Waals surface area contributed by atoms with Gasteiger partial charge >= 0.3 is 0 Å². The standard InChI is InChI=1S/C17H17ClN4O2/c1-10-7-13(18)12-3-4-14(21-15(12)16(10)23)17(24)19-6-5-11-8-22(2)9-20-11/h3-4,7-9,23H,5-6H2,1-2H3,(H,19,24). The molecule has 0 radical (unpaired) electrons. The molecule has 0 spiro atoms. The van der Waals surface area contributed by atoms with Gasteiger partial charge in [-0.05, 0) is 30.7 Å². The Labute approximate surface area is 144 Å². The number of aromatic nitrogens is 3. The summed E-state index contributed by atoms with van der Waals surface area (Å²) in [6, 6.07) is 4.96. The van der Waals surface area contributed by atoms with E-state index in [1.807, 2.05) is 17.8 Å². The number of benzene rings is 1. The van der Waals surface area contributed by atoms with Crippen LogP contribution in [0.15, 0.2) is 30.7 Å². The summed E-state index contributed by atoms with van der Waals surface area (Å²) < 4.78 is 1.86. The number of hydrogen-bond acceptors (Lipinski definition) is 4. The fourth-order valence-corrected chi connectivity index (χ4v) is 2.79. The number of nitrogens with one attached hydrogen (secondary N) is 1. The minimum Gasteiger partial charge on any atom is -0.505 e. The van der Waals surface area contributed by atoms with Crippen LogP contribution in [-0.2, 0) is 13.5 Å². The van der Waals surface area contributed by atoms with Gasteiger partial charge in [0.1, 0.15) is 17.0 Å². The van der Waals surface area contributed by atoms with E-state index in [1.165, 1.54) is 0 Å². The van der Waals surface area contributed by atoms with E-state index in [0.717, 1.165) is 5.69 Å². The molecule has 3 rings (SSSR count). The number of pyridine rings is 1. The first-order chi connectivity index (χ1) is 11.5. The molecule has 2 heterocycles. The first-order valence-electron chi connectivity index (χ1n) is 7.49. The van der Waals surface area contributed by atoms with Gasteiger partial charge in [-0.15, -0.1) is 0 Å². The van der Waals surface area contributed by atoms with Crippen molar-refractivity contribution in [2.75, 3.05) is 6.54 Å². The molecular weight excluding hydrogens is 328 g/mol. The number of hydrogen-bond donors (Lipinski definition) is 2. The number of amides is 1. The number of carbonyl (C=O) groups excluding carboxylic acids is 1. The number of fused-ring (bicyclic) bond motifs is 1. The summed E-state index contributed by atoms with van der Waals surface area (Å²) in [7, 11) is 1.90. The number of carbonyl (C=O) groups is 1. The zero-order chi connectivity index (χ0) is 17.3. The lowest BCUT2D eigenvalue weighted by Gasteiger charge is -2.08. The quantitative estimate of drug-likeness (QED) is 0.762. The van der Waals surface area contributed by atoms with Crippen LogP contribution in [0, 0.1) is 6.92 Å². The molecule has 0 atom stereocenters. The molecule has 0 aliphatic carbocycles. The summed E-state index contributed by atoms with van der Waals surface area (Å²) in [6.45, 7) is 2.19. The molecule has 6 nitrogen and oxygen atoms in total. The molecule has 24 heavy (non-hydrogen) atoms. The number of aromatic hydroxyl groups is 1. The molecule has 0 saturated carbocycles. The molecule has 0 saturated heterocycles. The van der Waals surface area contributed by atoms with Crippen molar-refractivity contribution in [1.82, 2.24) is 19.9 Å². The summed E-state index contributed by atoms with van der Waals surface area (Å²) in [5.74, 6) is -0.262. The van der Waals surface area contributed by atoms with Crippen molar-refractivity contribution in [2.45, 2.75) is 13.3 Å². The number of rotatable bonds is 4. The lowest BCUT2D eigenvalue weighted by Crippen LogP contribution is -2.26. The van der Waals surface area contributed by atoms with E-state index in [0.29, 0.717) is 34.5 Å². The van der Waals surface area contributed by atoms with Gasteiger partial charge in [-0.2, -0.15) is 0 Å². The second-order valence-corrected chi connectivity index (χ2v) is 6.06. The highest BCUT2D eigenvalue weighted by atomic mass is 35.5. The van der Waals surface area contributed by atoms with Crippen molar-refractivity contribution in [1.29, 1.82) is 0 Å². The Kier molecular flexibility index (Phi) is 4.40. The average molecular weight is 345 g/mol. The van der Waals surface area contributed by atoms with E-state index in [9.17, 15) is 9.90 Å². The Morgan fingerprint density at radius 3 is 2.92 bits per heavy atom. The highest BCUT2D eigenvalue weighted by Gasteiger charge is 2.13. The molecule has 2 N–H and O–H groups in total. The maximum Gasteiger partial charge on any atom is 0.269 e. The van der Waals surface area contributed by atoms with E-state index >= 15 is 0 Å². The Bertz CT molecular complexity index is 920. The first-order valence-corrected chi connectivity index (χ1v) is 7.87. The van der Waals surface area contributed by atoms with Crippen LogP contribution in [0.25, 0.3) is 10.9 Å². The summed E-state index contributed by atoms with van der Waals surface area (Å²) in [6.07, 6.45) is 4.26. The van der Waals surface area contributed by atoms with Crippen molar-refractivity contribution in [3.8, 4) is 5.75 Å². The van der Waals surface area contributed by atoms with Gasteiger partial charge in [0.15, 0.2) is 0 Å². The van der Waals surface area contributed by atoms with E-state index in [1.54, 1.807) is 31.5 Å². The van der Waals surface area contributed by atoms with Crippen LogP contribution < -0.4 is 5.32 Å². The van der Waals surface area contributed by atoms with Crippen LogP contribution in [0.1, 0.15) is 21.7 Å². The molecule has 3 aromatic rings. The van der Waals surface area contributed by atoms with Crippen LogP contribution >= 0.6 is 11.6 Å². The highest BCUT2D eigenvalue weighted by molar-refractivity contribution is 6.35. The molecule has 7 heteroatoms. The van der Waals surface area contributed by atoms with Gasteiger partial charge < -0.3 is 15.0 Å². The number of aryl methyl sites for hydroxylation is 2. The third kappa shape index (κ3) is 3.19. The molecule has 1 aromatic carbocycles. The summed E-state index contributed by atoms with van der Waals surface area (Å²) in [5, 5.41) is 14.1. The number of imidazole rings is 1. The van der Waals surface area contributed by atoms with Crippen LogP contribution in [0.3, 0.4) is 0 Å².